The van der Waals surface area contributed by atoms with Crippen LogP contribution in [0.1, 0.15) is 69.5 Å². The number of hydrogen-bond donors (Lipinski definition) is 2. The van der Waals surface area contributed by atoms with Crippen molar-refractivity contribution in [3.63, 3.8) is 0 Å². The Bertz CT molecular complexity index is 1130. The Balaban J connectivity index is 1.51. The van der Waals surface area contributed by atoms with Gasteiger partial charge in [-0.05, 0) is 43.0 Å². The molecule has 1 saturated heterocycles. The molecule has 1 aliphatic carbocycles. The average Bonchev–Trinajstić information content (AvgIpc) is 3.09. The van der Waals surface area contributed by atoms with Crippen LogP contribution >= 0.6 is 0 Å². The van der Waals surface area contributed by atoms with Crippen molar-refractivity contribution < 1.29 is 19.2 Å². The summed E-state index contributed by atoms with van der Waals surface area (Å²) in [6, 6.07) is 16.4. The van der Waals surface area contributed by atoms with E-state index >= 15 is 0 Å². The Morgan fingerprint density at radius 3 is 2.47 bits per heavy atom. The van der Waals surface area contributed by atoms with Crippen LogP contribution in [0.2, 0.25) is 0 Å². The number of imide groups is 1. The zero-order valence-electron chi connectivity index (χ0n) is 21.0. The first-order valence-electron chi connectivity index (χ1n) is 12.6. The zero-order chi connectivity index (χ0) is 25.7. The van der Waals surface area contributed by atoms with Crippen LogP contribution in [0.15, 0.2) is 54.6 Å². The second-order valence-electron chi connectivity index (χ2n) is 9.77. The number of carbonyl (C=O) groups is 4. The van der Waals surface area contributed by atoms with Crippen molar-refractivity contribution in [2.45, 2.75) is 70.5 Å². The van der Waals surface area contributed by atoms with Gasteiger partial charge in [-0.3, -0.25) is 19.3 Å². The summed E-state index contributed by atoms with van der Waals surface area (Å²) in [5, 5.41) is 5.70. The van der Waals surface area contributed by atoms with Gasteiger partial charge in [-0.1, -0.05) is 61.7 Å². The maximum absolute atomic E-state index is 13.5. The minimum atomic E-state index is -0.792. The smallest absolute Gasteiger partial charge is 0.325 e. The molecule has 2 aliphatic rings. The van der Waals surface area contributed by atoms with Gasteiger partial charge >= 0.3 is 6.03 Å². The number of rotatable bonds is 8. The first kappa shape index (κ1) is 25.4. The molecule has 190 valence electrons. The van der Waals surface area contributed by atoms with Gasteiger partial charge in [-0.2, -0.15) is 0 Å². The molecule has 0 radical (unpaired) electrons. The van der Waals surface area contributed by atoms with Crippen molar-refractivity contribution in [2.24, 2.45) is 0 Å². The number of nitrogens with one attached hydrogen (secondary N) is 2. The molecule has 0 aromatic heterocycles. The third-order valence-corrected chi connectivity index (χ3v) is 7.18. The molecule has 1 heterocycles. The second kappa shape index (κ2) is 10.9. The largest absolute Gasteiger partial charge is 0.332 e. The number of hydrogen-bond acceptors (Lipinski definition) is 4. The maximum Gasteiger partial charge on any atom is 0.325 e. The molecule has 1 saturated carbocycles. The van der Waals surface area contributed by atoms with Gasteiger partial charge in [0.2, 0.25) is 11.8 Å². The van der Waals surface area contributed by atoms with Crippen molar-refractivity contribution in [1.82, 2.24) is 15.1 Å². The molecule has 0 bridgehead atoms. The lowest BCUT2D eigenvalue weighted by atomic mass is 9.82. The fourth-order valence-electron chi connectivity index (χ4n) is 5.21. The van der Waals surface area contributed by atoms with Crippen LogP contribution < -0.4 is 10.6 Å². The lowest BCUT2D eigenvalue weighted by Gasteiger charge is -2.31. The summed E-state index contributed by atoms with van der Waals surface area (Å²) in [6.45, 7) is 3.83. The van der Waals surface area contributed by atoms with Gasteiger partial charge in [0.1, 0.15) is 5.54 Å². The molecule has 1 unspecified atom stereocenters. The van der Waals surface area contributed by atoms with E-state index in [0.29, 0.717) is 25.1 Å². The van der Waals surface area contributed by atoms with Crippen LogP contribution in [0.5, 0.6) is 0 Å². The summed E-state index contributed by atoms with van der Waals surface area (Å²) in [5.41, 5.74) is 1.73. The van der Waals surface area contributed by atoms with E-state index in [2.05, 4.69) is 10.6 Å². The fraction of sp³-hybridized carbons (Fsp3) is 0.429. The molecule has 2 N–H and O–H groups in total. The van der Waals surface area contributed by atoms with Crippen molar-refractivity contribution in [2.75, 3.05) is 11.9 Å². The minimum Gasteiger partial charge on any atom is -0.332 e. The van der Waals surface area contributed by atoms with Gasteiger partial charge in [0.25, 0.3) is 5.91 Å². The third kappa shape index (κ3) is 5.58. The summed E-state index contributed by atoms with van der Waals surface area (Å²) in [5.74, 6) is -0.520. The van der Waals surface area contributed by atoms with Gasteiger partial charge in [0.15, 0.2) is 0 Å². The third-order valence-electron chi connectivity index (χ3n) is 7.18. The molecule has 8 heteroatoms. The van der Waals surface area contributed by atoms with Gasteiger partial charge in [0.05, 0.1) is 6.04 Å². The molecule has 1 atom stereocenters. The predicted molar refractivity (Wildman–Crippen MR) is 137 cm³/mol. The number of anilines is 1. The van der Waals surface area contributed by atoms with Crippen LogP contribution in [0, 0.1) is 0 Å². The molecule has 2 aromatic rings. The van der Waals surface area contributed by atoms with Crippen molar-refractivity contribution in [1.29, 1.82) is 0 Å². The molecule has 1 spiro atoms. The Morgan fingerprint density at radius 2 is 1.78 bits per heavy atom. The van der Waals surface area contributed by atoms with Crippen molar-refractivity contribution in [3.05, 3.63) is 65.7 Å². The quantitative estimate of drug-likeness (QED) is 0.537. The highest BCUT2D eigenvalue weighted by Gasteiger charge is 2.51. The van der Waals surface area contributed by atoms with E-state index in [4.69, 9.17) is 0 Å². The van der Waals surface area contributed by atoms with E-state index in [9.17, 15) is 19.2 Å². The van der Waals surface area contributed by atoms with Gasteiger partial charge in [-0.25, -0.2) is 4.79 Å². The van der Waals surface area contributed by atoms with Crippen LogP contribution in [-0.2, 0) is 20.9 Å². The molecule has 4 rings (SSSR count). The predicted octanol–water partition coefficient (Wildman–Crippen LogP) is 4.38. The Morgan fingerprint density at radius 1 is 1.06 bits per heavy atom. The summed E-state index contributed by atoms with van der Waals surface area (Å²) >= 11 is 0. The highest BCUT2D eigenvalue weighted by Crippen LogP contribution is 2.34. The van der Waals surface area contributed by atoms with Crippen LogP contribution in [-0.4, -0.2) is 45.6 Å². The summed E-state index contributed by atoms with van der Waals surface area (Å²) < 4.78 is 0. The zero-order valence-corrected chi connectivity index (χ0v) is 21.0. The molecule has 2 aromatic carbocycles. The molecule has 5 amide bonds. The van der Waals surface area contributed by atoms with Crippen molar-refractivity contribution in [3.8, 4) is 0 Å². The highest BCUT2D eigenvalue weighted by atomic mass is 16.2. The molecule has 36 heavy (non-hydrogen) atoms. The highest BCUT2D eigenvalue weighted by molar-refractivity contribution is 6.07. The maximum atomic E-state index is 13.5. The lowest BCUT2D eigenvalue weighted by molar-refractivity contribution is -0.136. The van der Waals surface area contributed by atoms with E-state index in [0.717, 1.165) is 30.4 Å². The molecule has 2 fully saturated rings. The van der Waals surface area contributed by atoms with Gasteiger partial charge < -0.3 is 15.5 Å². The lowest BCUT2D eigenvalue weighted by Crippen LogP contribution is -2.48. The number of urea groups is 1. The number of benzene rings is 2. The van der Waals surface area contributed by atoms with Crippen molar-refractivity contribution >= 4 is 29.4 Å². The monoisotopic (exact) mass is 490 g/mol. The molecule has 1 aliphatic heterocycles. The first-order valence-corrected chi connectivity index (χ1v) is 12.6. The number of carbonyl (C=O) groups excluding carboxylic acids is 4. The van der Waals surface area contributed by atoms with E-state index in [1.54, 1.807) is 11.0 Å². The fourth-order valence-corrected chi connectivity index (χ4v) is 5.21. The van der Waals surface area contributed by atoms with Gasteiger partial charge in [-0.15, -0.1) is 0 Å². The normalized spacial score (nSPS) is 17.6. The van der Waals surface area contributed by atoms with E-state index in [1.807, 2.05) is 55.5 Å². The van der Waals surface area contributed by atoms with E-state index < -0.39 is 11.6 Å². The molecule has 8 nitrogen and oxygen atoms in total. The number of amides is 5. The van der Waals surface area contributed by atoms with Gasteiger partial charge in [0, 0.05) is 32.1 Å². The Labute approximate surface area is 212 Å². The minimum absolute atomic E-state index is 0.0395. The van der Waals surface area contributed by atoms with E-state index in [-0.39, 0.29) is 36.7 Å². The molecular weight excluding hydrogens is 456 g/mol. The average molecular weight is 491 g/mol. The Hall–Kier alpha value is -3.68. The van der Waals surface area contributed by atoms with Crippen LogP contribution in [0.4, 0.5) is 10.5 Å². The first-order chi connectivity index (χ1) is 17.3. The summed E-state index contributed by atoms with van der Waals surface area (Å²) in [6.07, 6.45) is 4.25. The van der Waals surface area contributed by atoms with Crippen LogP contribution in [0.25, 0.3) is 0 Å². The van der Waals surface area contributed by atoms with E-state index in [1.165, 1.54) is 11.8 Å². The second-order valence-corrected chi connectivity index (χ2v) is 9.77. The summed E-state index contributed by atoms with van der Waals surface area (Å²) in [7, 11) is 0. The topological polar surface area (TPSA) is 98.8 Å². The Kier molecular flexibility index (Phi) is 7.72. The molecular formula is C28H34N4O4. The van der Waals surface area contributed by atoms with Crippen LogP contribution in [0.3, 0.4) is 0 Å². The summed E-state index contributed by atoms with van der Waals surface area (Å²) in [4.78, 5) is 53.8. The standard InChI is InChI=1S/C28H34N4O4/c1-20(23-12-9-13-24(18-23)29-21(2)33)32(19-22-10-5-3-6-11-22)25(34)14-17-31-26(35)28(30-27(31)36)15-7-4-8-16-28/h3,5-6,9-13,18,20H,4,7-8,14-17,19H2,1-2H3,(H,29,33)(H,30,36). The number of nitrogens with zero attached hydrogens (tertiary/aromatic N) is 2. The SMILES string of the molecule is CC(=O)Nc1cccc(C(C)N(Cc2ccccc2)C(=O)CCN2C(=O)NC3(CCCCC3)C2=O)c1.